The van der Waals surface area contributed by atoms with Crippen molar-refractivity contribution in [3.63, 3.8) is 0 Å². The van der Waals surface area contributed by atoms with Crippen LogP contribution < -0.4 is 0 Å². The van der Waals surface area contributed by atoms with Gasteiger partial charge in [0.2, 0.25) is 0 Å². The van der Waals surface area contributed by atoms with Gasteiger partial charge in [-0.05, 0) is 12.8 Å². The van der Waals surface area contributed by atoms with Crippen LogP contribution in [0.5, 0.6) is 0 Å². The summed E-state index contributed by atoms with van der Waals surface area (Å²) in [6, 6.07) is 0. The van der Waals surface area contributed by atoms with E-state index >= 15 is 0 Å². The molecule has 3 heteroatoms. The number of hydrogen-bond donors (Lipinski definition) is 0. The summed E-state index contributed by atoms with van der Waals surface area (Å²) < 4.78 is 0. The predicted molar refractivity (Wildman–Crippen MR) is 64.3 cm³/mol. The third-order valence-corrected chi connectivity index (χ3v) is 4.33. The maximum Gasteiger partial charge on any atom is 0.118 e. The Hall–Kier alpha value is 0.920. The second kappa shape index (κ2) is 8.25. The molecule has 0 aromatic rings. The number of hydrogen-bond acceptors (Lipinski definition) is 0. The third-order valence-electron chi connectivity index (χ3n) is 2.19. The maximum atomic E-state index is 11.7. The molecule has 0 aliphatic heterocycles. The number of alkyl halides is 2. The molecule has 0 bridgehead atoms. The van der Waals surface area contributed by atoms with Crippen LogP contribution in [0.3, 0.4) is 0 Å². The molecule has 1 radical (unpaired) electrons. The fourth-order valence-corrected chi connectivity index (χ4v) is 2.68. The van der Waals surface area contributed by atoms with Crippen LogP contribution in [0.15, 0.2) is 0 Å². The van der Waals surface area contributed by atoms with Gasteiger partial charge in [-0.15, -0.1) is 0 Å². The molecule has 13 heavy (non-hydrogen) atoms. The van der Waals surface area contributed by atoms with Crippen LogP contribution in [0.2, 0.25) is 0 Å². The molecule has 79 valence electrons. The standard InChI is InChI=1S/C10H19Br2O/c1-3-5-6-7-9(12)10(13)8(11)4-2/h8-10H,3-7H2,1-2H3. The van der Waals surface area contributed by atoms with E-state index < -0.39 is 6.10 Å². The molecule has 0 aromatic heterocycles. The van der Waals surface area contributed by atoms with Crippen molar-refractivity contribution in [2.45, 2.75) is 61.7 Å². The summed E-state index contributed by atoms with van der Waals surface area (Å²) in [5, 5.41) is 11.7. The van der Waals surface area contributed by atoms with E-state index in [0.717, 1.165) is 19.3 Å². The molecule has 0 aliphatic carbocycles. The third kappa shape index (κ3) is 6.08. The average molecular weight is 315 g/mol. The van der Waals surface area contributed by atoms with Crippen LogP contribution in [-0.2, 0) is 5.11 Å². The lowest BCUT2D eigenvalue weighted by Gasteiger charge is -2.19. The molecule has 1 nitrogen and oxygen atoms in total. The Labute approximate surface area is 98.6 Å². The van der Waals surface area contributed by atoms with Gasteiger partial charge in [0.15, 0.2) is 0 Å². The van der Waals surface area contributed by atoms with E-state index in [4.69, 9.17) is 0 Å². The monoisotopic (exact) mass is 313 g/mol. The molecule has 0 aliphatic rings. The molecule has 0 aromatic carbocycles. The summed E-state index contributed by atoms with van der Waals surface area (Å²) >= 11 is 6.88. The number of rotatable bonds is 7. The highest BCUT2D eigenvalue weighted by Gasteiger charge is 2.23. The predicted octanol–water partition coefficient (Wildman–Crippen LogP) is 4.30. The van der Waals surface area contributed by atoms with Crippen molar-refractivity contribution in [3.05, 3.63) is 0 Å². The van der Waals surface area contributed by atoms with Crippen molar-refractivity contribution in [1.82, 2.24) is 0 Å². The molecular formula is C10H19Br2O. The van der Waals surface area contributed by atoms with Crippen molar-refractivity contribution < 1.29 is 5.11 Å². The van der Waals surface area contributed by atoms with E-state index in [1.165, 1.54) is 12.8 Å². The minimum atomic E-state index is -0.512. The van der Waals surface area contributed by atoms with Crippen molar-refractivity contribution in [2.24, 2.45) is 0 Å². The van der Waals surface area contributed by atoms with E-state index in [1.807, 2.05) is 6.92 Å². The first kappa shape index (κ1) is 13.9. The Morgan fingerprint density at radius 1 is 1.08 bits per heavy atom. The molecule has 3 unspecified atom stereocenters. The van der Waals surface area contributed by atoms with Gasteiger partial charge in [0.05, 0.1) is 0 Å². The molecule has 0 amide bonds. The smallest absolute Gasteiger partial charge is 0.118 e. The lowest BCUT2D eigenvalue weighted by atomic mass is 10.1. The minimum absolute atomic E-state index is 0.110. The van der Waals surface area contributed by atoms with Gasteiger partial charge < -0.3 is 0 Å². The molecule has 0 heterocycles. The van der Waals surface area contributed by atoms with Gasteiger partial charge in [0.1, 0.15) is 6.10 Å². The number of halogens is 2. The zero-order valence-electron chi connectivity index (χ0n) is 8.43. The van der Waals surface area contributed by atoms with Gasteiger partial charge in [-0.1, -0.05) is 65.0 Å². The minimum Gasteiger partial charge on any atom is -0.231 e. The average Bonchev–Trinajstić information content (AvgIpc) is 2.15. The van der Waals surface area contributed by atoms with Gasteiger partial charge in [-0.25, -0.2) is 5.11 Å². The topological polar surface area (TPSA) is 19.9 Å². The fraction of sp³-hybridized carbons (Fsp3) is 1.00. The molecule has 0 fully saturated rings. The summed E-state index contributed by atoms with van der Waals surface area (Å²) in [7, 11) is 0. The van der Waals surface area contributed by atoms with Crippen LogP contribution in [0.4, 0.5) is 0 Å². The second-order valence-corrected chi connectivity index (χ2v) is 5.75. The van der Waals surface area contributed by atoms with Gasteiger partial charge in [0, 0.05) is 9.65 Å². The second-order valence-electron chi connectivity index (χ2n) is 3.40. The van der Waals surface area contributed by atoms with Gasteiger partial charge in [0.25, 0.3) is 0 Å². The Morgan fingerprint density at radius 3 is 2.15 bits per heavy atom. The maximum absolute atomic E-state index is 11.7. The normalized spacial score (nSPS) is 18.2. The molecule has 0 N–H and O–H groups in total. The van der Waals surface area contributed by atoms with Crippen LogP contribution in [0, 0.1) is 0 Å². The molecule has 0 saturated carbocycles. The SMILES string of the molecule is CCCCCC(Br)C([O])C(Br)CC. The first-order valence-electron chi connectivity index (χ1n) is 5.07. The first-order chi connectivity index (χ1) is 6.13. The van der Waals surface area contributed by atoms with Crippen molar-refractivity contribution >= 4 is 31.9 Å². The van der Waals surface area contributed by atoms with Gasteiger partial charge in [-0.3, -0.25) is 0 Å². The van der Waals surface area contributed by atoms with Crippen LogP contribution in [0.25, 0.3) is 0 Å². The summed E-state index contributed by atoms with van der Waals surface area (Å²) in [5.41, 5.74) is 0. The van der Waals surface area contributed by atoms with Crippen molar-refractivity contribution in [2.75, 3.05) is 0 Å². The Balaban J connectivity index is 3.62. The Morgan fingerprint density at radius 2 is 1.69 bits per heavy atom. The molecule has 0 rings (SSSR count). The molecule has 0 saturated heterocycles. The highest BCUT2D eigenvalue weighted by molar-refractivity contribution is 9.10. The van der Waals surface area contributed by atoms with Crippen molar-refractivity contribution in [1.29, 1.82) is 0 Å². The summed E-state index contributed by atoms with van der Waals surface area (Å²) in [6.45, 7) is 4.22. The molecule has 3 atom stereocenters. The summed E-state index contributed by atoms with van der Waals surface area (Å²) in [4.78, 5) is 0.238. The van der Waals surface area contributed by atoms with Crippen LogP contribution >= 0.6 is 31.9 Å². The van der Waals surface area contributed by atoms with E-state index in [1.54, 1.807) is 0 Å². The molecular weight excluding hydrogens is 296 g/mol. The largest absolute Gasteiger partial charge is 0.231 e. The number of unbranched alkanes of at least 4 members (excludes halogenated alkanes) is 2. The van der Waals surface area contributed by atoms with Crippen LogP contribution in [-0.4, -0.2) is 15.8 Å². The van der Waals surface area contributed by atoms with E-state index in [0.29, 0.717) is 0 Å². The summed E-state index contributed by atoms with van der Waals surface area (Å²) in [5.74, 6) is 0. The zero-order valence-corrected chi connectivity index (χ0v) is 11.6. The highest BCUT2D eigenvalue weighted by Crippen LogP contribution is 2.22. The van der Waals surface area contributed by atoms with Gasteiger partial charge in [-0.2, -0.15) is 0 Å². The quantitative estimate of drug-likeness (QED) is 0.493. The van der Waals surface area contributed by atoms with Crippen LogP contribution in [0.1, 0.15) is 46.0 Å². The zero-order chi connectivity index (χ0) is 10.3. The van der Waals surface area contributed by atoms with E-state index in [9.17, 15) is 5.11 Å². The first-order valence-corrected chi connectivity index (χ1v) is 6.90. The Bertz CT molecular complexity index is 119. The Kier molecular flexibility index (Phi) is 8.83. The lowest BCUT2D eigenvalue weighted by molar-refractivity contribution is 0.0841. The lowest BCUT2D eigenvalue weighted by Crippen LogP contribution is -2.28. The van der Waals surface area contributed by atoms with E-state index in [-0.39, 0.29) is 9.65 Å². The highest BCUT2D eigenvalue weighted by atomic mass is 79.9. The van der Waals surface area contributed by atoms with Crippen molar-refractivity contribution in [3.8, 4) is 0 Å². The van der Waals surface area contributed by atoms with Gasteiger partial charge >= 0.3 is 0 Å². The molecule has 0 spiro atoms. The van der Waals surface area contributed by atoms with E-state index in [2.05, 4.69) is 38.8 Å². The fourth-order valence-electron chi connectivity index (χ4n) is 1.21. The summed E-state index contributed by atoms with van der Waals surface area (Å²) in [6.07, 6.45) is 5.01.